The van der Waals surface area contributed by atoms with Crippen molar-refractivity contribution in [3.63, 3.8) is 0 Å². The van der Waals surface area contributed by atoms with E-state index in [9.17, 15) is 0 Å². The van der Waals surface area contributed by atoms with Crippen molar-refractivity contribution in [1.29, 1.82) is 0 Å². The van der Waals surface area contributed by atoms with Crippen LogP contribution in [0.5, 0.6) is 0 Å². The molecule has 0 spiro atoms. The summed E-state index contributed by atoms with van der Waals surface area (Å²) in [4.78, 5) is 11.9. The van der Waals surface area contributed by atoms with Crippen LogP contribution in [-0.4, -0.2) is 42.9 Å². The predicted octanol–water partition coefficient (Wildman–Crippen LogP) is 3.39. The first kappa shape index (κ1) is 18.5. The molecule has 7 nitrogen and oxygen atoms in total. The summed E-state index contributed by atoms with van der Waals surface area (Å²) in [6.45, 7) is 10.5. The summed E-state index contributed by atoms with van der Waals surface area (Å²) >= 11 is 0. The fourth-order valence-electron chi connectivity index (χ4n) is 4.60. The van der Waals surface area contributed by atoms with Gasteiger partial charge in [-0.15, -0.1) is 10.2 Å². The van der Waals surface area contributed by atoms with Crippen LogP contribution in [0.4, 0.5) is 5.82 Å². The Bertz CT molecular complexity index is 1050. The molecule has 1 fully saturated rings. The lowest BCUT2D eigenvalue weighted by molar-refractivity contribution is 0.469. The van der Waals surface area contributed by atoms with Crippen LogP contribution >= 0.6 is 0 Å². The second-order valence-corrected chi connectivity index (χ2v) is 9.43. The zero-order chi connectivity index (χ0) is 20.2. The first-order valence-electron chi connectivity index (χ1n) is 10.7. The van der Waals surface area contributed by atoms with Crippen molar-refractivity contribution in [3.05, 3.63) is 40.7 Å². The van der Waals surface area contributed by atoms with Gasteiger partial charge in [-0.3, -0.25) is 0 Å². The number of anilines is 1. The fourth-order valence-corrected chi connectivity index (χ4v) is 4.60. The second-order valence-electron chi connectivity index (χ2n) is 9.43. The number of hydrogen-bond acceptors (Lipinski definition) is 6. The molecule has 3 aromatic rings. The Kier molecular flexibility index (Phi) is 4.29. The standard InChI is InChI=1S/C22H29N7/c1-14-23-17-7-5-6-16(17)21(24-14)28-12-10-15(11-13-28)20-26-25-19-9-8-18(22(2,3)4)27-29(19)20/h8-9,15H,5-7,10-13H2,1-4H3. The number of fused-ring (bicyclic) bond motifs is 2. The molecule has 0 radical (unpaired) electrons. The van der Waals surface area contributed by atoms with E-state index in [4.69, 9.17) is 10.1 Å². The molecule has 1 saturated heterocycles. The molecular weight excluding hydrogens is 362 g/mol. The van der Waals surface area contributed by atoms with Gasteiger partial charge in [0.15, 0.2) is 11.5 Å². The van der Waals surface area contributed by atoms with E-state index in [0.29, 0.717) is 5.92 Å². The Morgan fingerprint density at radius 3 is 2.55 bits per heavy atom. The first-order valence-corrected chi connectivity index (χ1v) is 10.7. The van der Waals surface area contributed by atoms with Crippen molar-refractivity contribution in [2.45, 2.75) is 71.1 Å². The smallest absolute Gasteiger partial charge is 0.177 e. The van der Waals surface area contributed by atoms with E-state index < -0.39 is 0 Å². The van der Waals surface area contributed by atoms with Gasteiger partial charge >= 0.3 is 0 Å². The van der Waals surface area contributed by atoms with Crippen molar-refractivity contribution < 1.29 is 0 Å². The van der Waals surface area contributed by atoms with Crippen molar-refractivity contribution in [2.24, 2.45) is 0 Å². The van der Waals surface area contributed by atoms with E-state index in [-0.39, 0.29) is 5.41 Å². The number of aromatic nitrogens is 6. The lowest BCUT2D eigenvalue weighted by Gasteiger charge is -2.33. The molecule has 3 aromatic heterocycles. The van der Waals surface area contributed by atoms with Gasteiger partial charge in [-0.05, 0) is 51.2 Å². The minimum absolute atomic E-state index is 0.00431. The van der Waals surface area contributed by atoms with Crippen LogP contribution in [0.15, 0.2) is 12.1 Å². The molecule has 5 rings (SSSR count). The summed E-state index contributed by atoms with van der Waals surface area (Å²) in [6.07, 6.45) is 5.49. The first-order chi connectivity index (χ1) is 13.9. The van der Waals surface area contributed by atoms with Crippen molar-refractivity contribution >= 4 is 11.5 Å². The quantitative estimate of drug-likeness (QED) is 0.667. The monoisotopic (exact) mass is 391 g/mol. The van der Waals surface area contributed by atoms with Crippen LogP contribution in [0.2, 0.25) is 0 Å². The van der Waals surface area contributed by atoms with Crippen LogP contribution in [0.3, 0.4) is 0 Å². The van der Waals surface area contributed by atoms with Crippen LogP contribution in [0, 0.1) is 6.92 Å². The van der Waals surface area contributed by atoms with E-state index >= 15 is 0 Å². The molecule has 152 valence electrons. The molecule has 0 bridgehead atoms. The van der Waals surface area contributed by atoms with Crippen LogP contribution in [0.1, 0.15) is 74.6 Å². The molecule has 0 saturated carbocycles. The van der Waals surface area contributed by atoms with Gasteiger partial charge < -0.3 is 4.90 Å². The molecule has 29 heavy (non-hydrogen) atoms. The third-order valence-electron chi connectivity index (χ3n) is 6.24. The molecule has 0 atom stereocenters. The molecule has 0 amide bonds. The summed E-state index contributed by atoms with van der Waals surface area (Å²) in [7, 11) is 0. The molecule has 0 unspecified atom stereocenters. The minimum Gasteiger partial charge on any atom is -0.356 e. The molecule has 1 aliphatic heterocycles. The number of nitrogens with zero attached hydrogens (tertiary/aromatic N) is 7. The minimum atomic E-state index is 0.00431. The summed E-state index contributed by atoms with van der Waals surface area (Å²) in [5.74, 6) is 3.43. The third kappa shape index (κ3) is 3.26. The highest BCUT2D eigenvalue weighted by molar-refractivity contribution is 5.51. The summed E-state index contributed by atoms with van der Waals surface area (Å²) in [6, 6.07) is 4.10. The van der Waals surface area contributed by atoms with E-state index in [2.05, 4.69) is 46.9 Å². The van der Waals surface area contributed by atoms with Gasteiger partial charge in [-0.1, -0.05) is 20.8 Å². The third-order valence-corrected chi connectivity index (χ3v) is 6.24. The van der Waals surface area contributed by atoms with Gasteiger partial charge in [0.05, 0.1) is 5.69 Å². The van der Waals surface area contributed by atoms with E-state index in [1.807, 2.05) is 17.5 Å². The van der Waals surface area contributed by atoms with E-state index in [0.717, 1.165) is 61.8 Å². The summed E-state index contributed by atoms with van der Waals surface area (Å²) in [5.41, 5.74) is 4.54. The Balaban J connectivity index is 1.39. The Morgan fingerprint density at radius 2 is 1.79 bits per heavy atom. The Morgan fingerprint density at radius 1 is 1.00 bits per heavy atom. The van der Waals surface area contributed by atoms with E-state index in [1.165, 1.54) is 23.5 Å². The van der Waals surface area contributed by atoms with Crippen LogP contribution in [0.25, 0.3) is 5.65 Å². The largest absolute Gasteiger partial charge is 0.356 e. The molecule has 7 heteroatoms. The Hall–Kier alpha value is -2.57. The zero-order valence-corrected chi connectivity index (χ0v) is 17.8. The molecular formula is C22H29N7. The van der Waals surface area contributed by atoms with Crippen LogP contribution in [-0.2, 0) is 18.3 Å². The van der Waals surface area contributed by atoms with Crippen molar-refractivity contribution in [2.75, 3.05) is 18.0 Å². The average Bonchev–Trinajstić information content (AvgIpc) is 3.33. The average molecular weight is 392 g/mol. The van der Waals surface area contributed by atoms with Gasteiger partial charge in [0.25, 0.3) is 0 Å². The second kappa shape index (κ2) is 6.75. The van der Waals surface area contributed by atoms with Gasteiger partial charge in [0.2, 0.25) is 0 Å². The zero-order valence-electron chi connectivity index (χ0n) is 17.8. The highest BCUT2D eigenvalue weighted by Crippen LogP contribution is 2.34. The highest BCUT2D eigenvalue weighted by atomic mass is 15.4. The number of rotatable bonds is 2. The highest BCUT2D eigenvalue weighted by Gasteiger charge is 2.29. The topological polar surface area (TPSA) is 72.1 Å². The molecule has 2 aliphatic rings. The van der Waals surface area contributed by atoms with Gasteiger partial charge in [-0.25, -0.2) is 9.97 Å². The maximum absolute atomic E-state index is 4.88. The summed E-state index contributed by atoms with van der Waals surface area (Å²) < 4.78 is 1.97. The molecule has 4 heterocycles. The lowest BCUT2D eigenvalue weighted by atomic mass is 9.92. The normalized spacial score (nSPS) is 17.9. The maximum Gasteiger partial charge on any atom is 0.177 e. The maximum atomic E-state index is 4.88. The molecule has 0 N–H and O–H groups in total. The molecule has 0 aromatic carbocycles. The fraction of sp³-hybridized carbons (Fsp3) is 0.591. The predicted molar refractivity (Wildman–Crippen MR) is 112 cm³/mol. The van der Waals surface area contributed by atoms with Crippen LogP contribution < -0.4 is 4.90 Å². The molecule has 1 aliphatic carbocycles. The van der Waals surface area contributed by atoms with Crippen molar-refractivity contribution in [3.8, 4) is 0 Å². The number of aryl methyl sites for hydroxylation is 2. The number of piperidine rings is 1. The van der Waals surface area contributed by atoms with Gasteiger partial charge in [-0.2, -0.15) is 9.61 Å². The SMILES string of the molecule is Cc1nc2c(c(N3CCC(c4nnc5ccc(C(C)(C)C)nn45)CC3)n1)CCC2. The lowest BCUT2D eigenvalue weighted by Crippen LogP contribution is -2.35. The van der Waals surface area contributed by atoms with E-state index in [1.54, 1.807) is 0 Å². The van der Waals surface area contributed by atoms with Gasteiger partial charge in [0.1, 0.15) is 11.6 Å². The summed E-state index contributed by atoms with van der Waals surface area (Å²) in [5, 5.41) is 13.8. The number of hydrogen-bond donors (Lipinski definition) is 0. The van der Waals surface area contributed by atoms with Gasteiger partial charge in [0, 0.05) is 35.7 Å². The Labute approximate surface area is 171 Å². The van der Waals surface area contributed by atoms with Crippen molar-refractivity contribution in [1.82, 2.24) is 29.8 Å².